The van der Waals surface area contributed by atoms with E-state index in [0.717, 1.165) is 41.2 Å². The molecule has 1 amide bonds. The lowest BCUT2D eigenvalue weighted by Gasteiger charge is -2.27. The lowest BCUT2D eigenvalue weighted by Crippen LogP contribution is -2.46. The Labute approximate surface area is 229 Å². The molecule has 2 aromatic carbocycles. The molecule has 196 valence electrons. The predicted molar refractivity (Wildman–Crippen MR) is 151 cm³/mol. The number of aryl methyl sites for hydroxylation is 2. The zero-order chi connectivity index (χ0) is 24.4. The van der Waals surface area contributed by atoms with Crippen molar-refractivity contribution in [1.82, 2.24) is 19.8 Å². The van der Waals surface area contributed by atoms with Crippen molar-refractivity contribution in [3.05, 3.63) is 77.5 Å². The van der Waals surface area contributed by atoms with Gasteiger partial charge < -0.3 is 19.7 Å². The Kier molecular flexibility index (Phi) is 9.43. The average molecular weight is 543 g/mol. The molecular weight excluding hydrogens is 511 g/mol. The van der Waals surface area contributed by atoms with Gasteiger partial charge in [-0.2, -0.15) is 0 Å². The van der Waals surface area contributed by atoms with E-state index in [1.165, 1.54) is 0 Å². The minimum Gasteiger partial charge on any atom is -0.492 e. The van der Waals surface area contributed by atoms with Crippen molar-refractivity contribution in [2.24, 2.45) is 0 Å². The number of piperazine rings is 1. The molecule has 7 nitrogen and oxygen atoms in total. The van der Waals surface area contributed by atoms with Crippen molar-refractivity contribution in [2.45, 2.75) is 20.8 Å². The molecule has 0 atom stereocenters. The Bertz CT molecular complexity index is 1350. The number of carbonyl (C=O) groups is 1. The molecule has 5 rings (SSSR count). The van der Waals surface area contributed by atoms with Crippen LogP contribution in [0.4, 0.5) is 0 Å². The van der Waals surface area contributed by atoms with Crippen LogP contribution in [0.2, 0.25) is 0 Å². The molecule has 4 aromatic rings. The Morgan fingerprint density at radius 2 is 1.68 bits per heavy atom. The maximum atomic E-state index is 14.0. The first kappa shape index (κ1) is 28.3. The molecule has 0 saturated carbocycles. The van der Waals surface area contributed by atoms with E-state index in [-0.39, 0.29) is 30.7 Å². The van der Waals surface area contributed by atoms with Crippen LogP contribution in [0.3, 0.4) is 0 Å². The number of fused-ring (bicyclic) bond motifs is 1. The molecule has 0 spiro atoms. The summed E-state index contributed by atoms with van der Waals surface area (Å²) in [5, 5.41) is 3.32. The number of para-hydroxylation sites is 2. The smallest absolute Gasteiger partial charge is 0.261 e. The number of aromatic nitrogens is 2. The Morgan fingerprint density at radius 3 is 2.32 bits per heavy atom. The van der Waals surface area contributed by atoms with E-state index in [0.29, 0.717) is 42.4 Å². The van der Waals surface area contributed by atoms with Crippen LogP contribution in [0.5, 0.6) is 17.4 Å². The first-order valence-electron chi connectivity index (χ1n) is 12.0. The topological polar surface area (TPSA) is 68.6 Å². The summed E-state index contributed by atoms with van der Waals surface area (Å²) in [6.45, 7) is 9.29. The van der Waals surface area contributed by atoms with Crippen LogP contribution in [-0.4, -0.2) is 53.1 Å². The van der Waals surface area contributed by atoms with Crippen molar-refractivity contribution < 1.29 is 14.3 Å². The molecule has 9 heteroatoms. The second kappa shape index (κ2) is 12.3. The van der Waals surface area contributed by atoms with Crippen molar-refractivity contribution in [3.63, 3.8) is 0 Å². The Hall–Kier alpha value is -3.26. The largest absolute Gasteiger partial charge is 0.492 e. The number of carbonyl (C=O) groups excluding carboxylic acids is 1. The number of nitrogens with zero attached hydrogens (tertiary/aromatic N) is 3. The van der Waals surface area contributed by atoms with E-state index in [1.54, 1.807) is 6.20 Å². The van der Waals surface area contributed by atoms with Gasteiger partial charge in [0.2, 0.25) is 5.88 Å². The van der Waals surface area contributed by atoms with Crippen LogP contribution in [0, 0.1) is 13.8 Å². The Balaban J connectivity index is 0.00000190. The summed E-state index contributed by atoms with van der Waals surface area (Å²) >= 11 is 0. The van der Waals surface area contributed by atoms with Gasteiger partial charge in [0.1, 0.15) is 22.6 Å². The number of pyridine rings is 1. The van der Waals surface area contributed by atoms with E-state index < -0.39 is 0 Å². The van der Waals surface area contributed by atoms with Crippen LogP contribution in [0.1, 0.15) is 28.4 Å². The zero-order valence-corrected chi connectivity index (χ0v) is 22.8. The third kappa shape index (κ3) is 5.54. The van der Waals surface area contributed by atoms with E-state index in [9.17, 15) is 4.79 Å². The van der Waals surface area contributed by atoms with Gasteiger partial charge in [0, 0.05) is 37.9 Å². The standard InChI is InChI=1S/C28H30N4O3.2ClH/c1-4-34-22-17-23-25(30-18-22)24(27(33)31-15-13-29-14-16-31)28(32(23)21-11-6-5-7-12-21)35-26-19(2)9-8-10-20(26)3;;/h5-12,17-18,29H,4,13-16H2,1-3H3;2*1H. The fraction of sp³-hybridized carbons (Fsp3) is 0.286. The number of nitrogens with one attached hydrogen (secondary N) is 1. The first-order valence-corrected chi connectivity index (χ1v) is 12.0. The highest BCUT2D eigenvalue weighted by Gasteiger charge is 2.31. The predicted octanol–water partition coefficient (Wildman–Crippen LogP) is 5.72. The third-order valence-corrected chi connectivity index (χ3v) is 6.29. The first-order chi connectivity index (χ1) is 17.1. The molecule has 0 bridgehead atoms. The average Bonchev–Trinajstić information content (AvgIpc) is 3.20. The van der Waals surface area contributed by atoms with Crippen LogP contribution in [0.25, 0.3) is 16.7 Å². The highest BCUT2D eigenvalue weighted by Crippen LogP contribution is 2.40. The van der Waals surface area contributed by atoms with E-state index in [1.807, 2.05) is 84.8 Å². The van der Waals surface area contributed by atoms with E-state index in [2.05, 4.69) is 5.32 Å². The number of amides is 1. The molecule has 1 fully saturated rings. The van der Waals surface area contributed by atoms with E-state index >= 15 is 0 Å². The van der Waals surface area contributed by atoms with Gasteiger partial charge in [-0.3, -0.25) is 9.36 Å². The number of ether oxygens (including phenoxy) is 2. The monoisotopic (exact) mass is 542 g/mol. The summed E-state index contributed by atoms with van der Waals surface area (Å²) in [6, 6.07) is 17.9. The van der Waals surface area contributed by atoms with Gasteiger partial charge in [-0.05, 0) is 44.0 Å². The maximum absolute atomic E-state index is 14.0. The molecule has 2 aromatic heterocycles. The highest BCUT2D eigenvalue weighted by molar-refractivity contribution is 6.09. The number of hydrogen-bond acceptors (Lipinski definition) is 5. The van der Waals surface area contributed by atoms with Gasteiger partial charge in [0.05, 0.1) is 18.3 Å². The van der Waals surface area contributed by atoms with Gasteiger partial charge in [-0.1, -0.05) is 36.4 Å². The van der Waals surface area contributed by atoms with Gasteiger partial charge in [-0.25, -0.2) is 4.98 Å². The molecule has 1 aliphatic rings. The number of hydrogen-bond donors (Lipinski definition) is 1. The SMILES string of the molecule is CCOc1cnc2c(C(=O)N3CCNCC3)c(Oc3c(C)cccc3C)n(-c3ccccc3)c2c1.Cl.Cl. The van der Waals surface area contributed by atoms with Crippen LogP contribution >= 0.6 is 24.8 Å². The highest BCUT2D eigenvalue weighted by atomic mass is 35.5. The fourth-order valence-electron chi connectivity index (χ4n) is 4.57. The molecule has 1 saturated heterocycles. The normalized spacial score (nSPS) is 13.0. The minimum absolute atomic E-state index is 0. The van der Waals surface area contributed by atoms with Crippen LogP contribution in [0.15, 0.2) is 60.8 Å². The number of halogens is 2. The quantitative estimate of drug-likeness (QED) is 0.337. The zero-order valence-electron chi connectivity index (χ0n) is 21.2. The lowest BCUT2D eigenvalue weighted by molar-refractivity contribution is 0.0734. The summed E-state index contributed by atoms with van der Waals surface area (Å²) in [6.07, 6.45) is 1.68. The van der Waals surface area contributed by atoms with E-state index in [4.69, 9.17) is 14.5 Å². The molecule has 0 aliphatic carbocycles. The summed E-state index contributed by atoms with van der Waals surface area (Å²) < 4.78 is 14.4. The molecular formula is C28H32Cl2N4O3. The van der Waals surface area contributed by atoms with Crippen LogP contribution in [-0.2, 0) is 0 Å². The maximum Gasteiger partial charge on any atom is 0.261 e. The second-order valence-corrected chi connectivity index (χ2v) is 8.69. The van der Waals surface area contributed by atoms with Gasteiger partial charge >= 0.3 is 0 Å². The van der Waals surface area contributed by atoms with Crippen LogP contribution < -0.4 is 14.8 Å². The van der Waals surface area contributed by atoms with Crippen molar-refractivity contribution in [1.29, 1.82) is 0 Å². The van der Waals surface area contributed by atoms with Crippen molar-refractivity contribution in [3.8, 4) is 23.1 Å². The molecule has 1 N–H and O–H groups in total. The molecule has 0 unspecified atom stereocenters. The third-order valence-electron chi connectivity index (χ3n) is 6.29. The summed E-state index contributed by atoms with van der Waals surface area (Å²) in [7, 11) is 0. The molecule has 3 heterocycles. The summed E-state index contributed by atoms with van der Waals surface area (Å²) in [5.41, 5.74) is 4.71. The minimum atomic E-state index is -0.0796. The van der Waals surface area contributed by atoms with Crippen molar-refractivity contribution in [2.75, 3.05) is 32.8 Å². The number of rotatable bonds is 6. The lowest BCUT2D eigenvalue weighted by atomic mass is 10.1. The van der Waals surface area contributed by atoms with Gasteiger partial charge in [-0.15, -0.1) is 24.8 Å². The molecule has 37 heavy (non-hydrogen) atoms. The molecule has 1 aliphatic heterocycles. The fourth-order valence-corrected chi connectivity index (χ4v) is 4.57. The summed E-state index contributed by atoms with van der Waals surface area (Å²) in [4.78, 5) is 20.6. The van der Waals surface area contributed by atoms with Gasteiger partial charge in [0.25, 0.3) is 5.91 Å². The molecule has 0 radical (unpaired) electrons. The van der Waals surface area contributed by atoms with Gasteiger partial charge in [0.15, 0.2) is 0 Å². The number of benzene rings is 2. The second-order valence-electron chi connectivity index (χ2n) is 8.69. The summed E-state index contributed by atoms with van der Waals surface area (Å²) in [5.74, 6) is 1.78. The van der Waals surface area contributed by atoms with Crippen molar-refractivity contribution >= 4 is 41.8 Å². The Morgan fingerprint density at radius 1 is 1.00 bits per heavy atom.